The maximum absolute atomic E-state index is 4.45. The number of rotatable bonds is 8. The Morgan fingerprint density at radius 2 is 1.53 bits per heavy atom. The molecule has 0 spiro atoms. The van der Waals surface area contributed by atoms with Crippen LogP contribution in [-0.4, -0.2) is 5.48 Å². The quantitative estimate of drug-likeness (QED) is 0.392. The summed E-state index contributed by atoms with van der Waals surface area (Å²) in [5.74, 6) is 0.819. The number of benzene rings is 2. The van der Waals surface area contributed by atoms with Crippen molar-refractivity contribution in [2.45, 2.75) is 80.1 Å². The smallest absolute Gasteiger partial charge is 0.00201 e. The van der Waals surface area contributed by atoms with Crippen LogP contribution in [0.4, 0.5) is 0 Å². The second-order valence-electron chi connectivity index (χ2n) is 8.61. The molecule has 0 aliphatic heterocycles. The molecular weight excluding hydrogens is 364 g/mol. The Morgan fingerprint density at radius 1 is 0.967 bits per heavy atom. The minimum Gasteiger partial charge on any atom is -0.412 e. The predicted molar refractivity (Wildman–Crippen MR) is 138 cm³/mol. The van der Waals surface area contributed by atoms with Gasteiger partial charge in [-0.1, -0.05) is 106 Å². The largest absolute Gasteiger partial charge is 0.412 e. The van der Waals surface area contributed by atoms with Crippen molar-refractivity contribution >= 4 is 0 Å². The van der Waals surface area contributed by atoms with Gasteiger partial charge in [-0.2, -0.15) is 0 Å². The van der Waals surface area contributed by atoms with Gasteiger partial charge in [-0.3, -0.25) is 0 Å². The lowest BCUT2D eigenvalue weighted by Gasteiger charge is -2.24. The molecule has 2 aromatic rings. The van der Waals surface area contributed by atoms with E-state index >= 15 is 0 Å². The molecule has 2 aromatic carbocycles. The average Bonchev–Trinajstić information content (AvgIpc) is 2.70. The summed E-state index contributed by atoms with van der Waals surface area (Å²) in [6.07, 6.45) is 4.67. The lowest BCUT2D eigenvalue weighted by atomic mass is 9.81. The summed E-state index contributed by atoms with van der Waals surface area (Å²) in [5, 5.41) is 0. The Bertz CT molecular complexity index is 790. The first kappa shape index (κ1) is 27.9. The van der Waals surface area contributed by atoms with Crippen molar-refractivity contribution in [2.24, 2.45) is 5.92 Å². The zero-order valence-corrected chi connectivity index (χ0v) is 20.4. The first-order valence-electron chi connectivity index (χ1n) is 11.2. The van der Waals surface area contributed by atoms with Crippen LogP contribution in [-0.2, 0) is 6.42 Å². The summed E-state index contributed by atoms with van der Waals surface area (Å²) in [6.45, 7) is 24.1. The molecule has 0 bridgehead atoms. The van der Waals surface area contributed by atoms with Crippen LogP contribution in [0.5, 0.6) is 0 Å². The van der Waals surface area contributed by atoms with Crippen molar-refractivity contribution in [3.05, 3.63) is 94.6 Å². The highest BCUT2D eigenvalue weighted by Crippen LogP contribution is 2.34. The van der Waals surface area contributed by atoms with Crippen molar-refractivity contribution in [1.29, 1.82) is 0 Å². The molecule has 0 saturated carbocycles. The Hall–Kier alpha value is -2.12. The summed E-state index contributed by atoms with van der Waals surface area (Å²) < 4.78 is 0. The summed E-state index contributed by atoms with van der Waals surface area (Å²) >= 11 is 0. The molecule has 30 heavy (non-hydrogen) atoms. The van der Waals surface area contributed by atoms with Gasteiger partial charge in [0.2, 0.25) is 0 Å². The van der Waals surface area contributed by atoms with Gasteiger partial charge in [0.15, 0.2) is 0 Å². The van der Waals surface area contributed by atoms with Crippen LogP contribution < -0.4 is 0 Å². The number of allylic oxidation sites excluding steroid dienone is 2. The predicted octanol–water partition coefficient (Wildman–Crippen LogP) is 8.32. The van der Waals surface area contributed by atoms with Crippen molar-refractivity contribution < 1.29 is 6.90 Å². The molecule has 1 nitrogen and oxygen atoms in total. The molecule has 0 heterocycles. The van der Waals surface area contributed by atoms with E-state index in [9.17, 15) is 0 Å². The van der Waals surface area contributed by atoms with E-state index in [0.717, 1.165) is 12.8 Å². The molecule has 0 amide bonds. The van der Waals surface area contributed by atoms with Gasteiger partial charge in [0.05, 0.1) is 0 Å². The highest BCUT2D eigenvalue weighted by molar-refractivity contribution is 5.42. The van der Waals surface area contributed by atoms with Gasteiger partial charge in [-0.25, -0.2) is 0 Å². The normalized spacial score (nSPS) is 12.1. The first-order valence-corrected chi connectivity index (χ1v) is 11.2. The maximum atomic E-state index is 4.45. The third-order valence-electron chi connectivity index (χ3n) is 5.96. The van der Waals surface area contributed by atoms with E-state index in [0.29, 0.717) is 11.8 Å². The topological polar surface area (TPSA) is 31.5 Å². The average molecular weight is 411 g/mol. The fraction of sp³-hybridized carbons (Fsp3) is 0.448. The van der Waals surface area contributed by atoms with E-state index in [1.807, 2.05) is 0 Å². The van der Waals surface area contributed by atoms with Crippen molar-refractivity contribution in [3.63, 3.8) is 0 Å². The highest BCUT2D eigenvalue weighted by Gasteiger charge is 2.18. The van der Waals surface area contributed by atoms with Crippen LogP contribution in [0.3, 0.4) is 0 Å². The monoisotopic (exact) mass is 410 g/mol. The zero-order valence-electron chi connectivity index (χ0n) is 20.4. The maximum Gasteiger partial charge on any atom is 0.00201 e. The fourth-order valence-corrected chi connectivity index (χ4v) is 3.55. The highest BCUT2D eigenvalue weighted by atomic mass is 16.0. The van der Waals surface area contributed by atoms with Crippen molar-refractivity contribution in [3.8, 4) is 0 Å². The molecule has 2 atom stereocenters. The lowest BCUT2D eigenvalue weighted by Crippen LogP contribution is -2.11. The fourth-order valence-electron chi connectivity index (χ4n) is 3.55. The zero-order chi connectivity index (χ0) is 22.0. The van der Waals surface area contributed by atoms with Gasteiger partial charge < -0.3 is 5.48 Å². The van der Waals surface area contributed by atoms with Crippen LogP contribution in [0.15, 0.2) is 66.8 Å². The third-order valence-corrected chi connectivity index (χ3v) is 5.96. The standard InChI is InChI=1S/C25H32.C4H10.H2O.H2/c1-17(2)24(16-23-11-9-8-10-12-23)15-20(5)22(7)25-14-18(3)13-19(4)21(25)6;1-3-4-2;;/h8-14,22,24H,1,5,15-16H2,2-4,6-7H3;3-4H2,1-2H3;1H2;1H/t22?,24-;;;/m0.../s1. The summed E-state index contributed by atoms with van der Waals surface area (Å²) in [4.78, 5) is 0. The van der Waals surface area contributed by atoms with Crippen LogP contribution in [0.25, 0.3) is 0 Å². The van der Waals surface area contributed by atoms with Crippen molar-refractivity contribution in [2.75, 3.05) is 0 Å². The molecule has 0 aliphatic rings. The molecule has 0 fully saturated rings. The Morgan fingerprint density at radius 3 is 2.03 bits per heavy atom. The number of aryl methyl sites for hydroxylation is 2. The number of hydrogen-bond donors (Lipinski definition) is 0. The molecule has 0 radical (unpaired) electrons. The van der Waals surface area contributed by atoms with Gasteiger partial charge in [-0.15, -0.1) is 0 Å². The third kappa shape index (κ3) is 8.71. The molecule has 2 N–H and O–H groups in total. The molecule has 0 saturated heterocycles. The summed E-state index contributed by atoms with van der Waals surface area (Å²) in [7, 11) is 0. The molecule has 1 unspecified atom stereocenters. The molecule has 1 heteroatoms. The van der Waals surface area contributed by atoms with Gasteiger partial charge in [0.1, 0.15) is 0 Å². The van der Waals surface area contributed by atoms with Crippen LogP contribution in [0.1, 0.15) is 82.1 Å². The van der Waals surface area contributed by atoms with E-state index < -0.39 is 0 Å². The minimum absolute atomic E-state index is 0. The van der Waals surface area contributed by atoms with Crippen LogP contribution >= 0.6 is 0 Å². The van der Waals surface area contributed by atoms with E-state index in [1.165, 1.54) is 51.8 Å². The number of hydrogen-bond acceptors (Lipinski definition) is 0. The van der Waals surface area contributed by atoms with E-state index in [-0.39, 0.29) is 6.90 Å². The molecule has 168 valence electrons. The molecule has 0 aromatic heterocycles. The summed E-state index contributed by atoms with van der Waals surface area (Å²) in [5.41, 5.74) is 9.44. The van der Waals surface area contributed by atoms with Crippen molar-refractivity contribution in [1.82, 2.24) is 0 Å². The molecule has 2 rings (SSSR count). The SMILES string of the molecule is C=C(C[C@@H](Cc1ccccc1)C(=C)C)C(C)c1cc(C)cc(C)c1C.CCCC.O.[HH]. The second-order valence-corrected chi connectivity index (χ2v) is 8.61. The van der Waals surface area contributed by atoms with Gasteiger partial charge in [0, 0.05) is 7.34 Å². The van der Waals surface area contributed by atoms with E-state index in [2.05, 4.69) is 104 Å². The van der Waals surface area contributed by atoms with Gasteiger partial charge >= 0.3 is 0 Å². The number of unbranched alkanes of at least 4 members (excludes halogenated alkanes) is 1. The van der Waals surface area contributed by atoms with Gasteiger partial charge in [-0.05, 0) is 68.7 Å². The first-order chi connectivity index (χ1) is 13.7. The van der Waals surface area contributed by atoms with Crippen LogP contribution in [0, 0.1) is 26.7 Å². The Balaban J connectivity index is 0. The van der Waals surface area contributed by atoms with Crippen LogP contribution in [0.2, 0.25) is 0 Å². The van der Waals surface area contributed by atoms with E-state index in [4.69, 9.17) is 0 Å². The lowest BCUT2D eigenvalue weighted by molar-refractivity contribution is 0.584. The summed E-state index contributed by atoms with van der Waals surface area (Å²) in [6, 6.07) is 15.3. The molecule has 0 aliphatic carbocycles. The molecular formula is C29H46O. The second kappa shape index (κ2) is 14.0. The Labute approximate surface area is 187 Å². The van der Waals surface area contributed by atoms with Gasteiger partial charge in [0.25, 0.3) is 0 Å². The minimum atomic E-state index is 0. The van der Waals surface area contributed by atoms with E-state index in [1.54, 1.807) is 0 Å². The Kier molecular flexibility index (Phi) is 13.0.